The summed E-state index contributed by atoms with van der Waals surface area (Å²) in [5, 5.41) is 13.4. The average Bonchev–Trinajstić information content (AvgIpc) is 2.68. The smallest absolute Gasteiger partial charge is 0.359 e. The van der Waals surface area contributed by atoms with Crippen LogP contribution in [-0.2, 0) is 9.53 Å². The topological polar surface area (TPSA) is 124 Å². The maximum absolute atomic E-state index is 12.3. The van der Waals surface area contributed by atoms with Gasteiger partial charge in [-0.1, -0.05) is 18.2 Å². The first-order valence-corrected chi connectivity index (χ1v) is 8.34. The molecule has 0 spiro atoms. The van der Waals surface area contributed by atoms with E-state index in [0.717, 1.165) is 0 Å². The highest BCUT2D eigenvalue weighted by atomic mass is 16.6. The van der Waals surface area contributed by atoms with Crippen LogP contribution in [0.25, 0.3) is 11.0 Å². The van der Waals surface area contributed by atoms with Gasteiger partial charge < -0.3 is 10.1 Å². The van der Waals surface area contributed by atoms with E-state index in [2.05, 4.69) is 15.3 Å². The van der Waals surface area contributed by atoms with Crippen LogP contribution in [0.4, 0.5) is 11.4 Å². The number of anilines is 1. The van der Waals surface area contributed by atoms with Crippen LogP contribution in [0.15, 0.2) is 48.7 Å². The molecule has 0 saturated carbocycles. The van der Waals surface area contributed by atoms with Gasteiger partial charge in [0.2, 0.25) is 0 Å². The molecule has 1 N–H and O–H groups in total. The Balaban J connectivity index is 1.70. The summed E-state index contributed by atoms with van der Waals surface area (Å²) in [5.41, 5.74) is 1.89. The molecule has 9 heteroatoms. The molecule has 0 bridgehead atoms. The van der Waals surface area contributed by atoms with Crippen LogP contribution >= 0.6 is 0 Å². The number of aryl methyl sites for hydroxylation is 1. The van der Waals surface area contributed by atoms with Crippen LogP contribution in [-0.4, -0.2) is 32.9 Å². The number of nitro groups is 1. The van der Waals surface area contributed by atoms with Gasteiger partial charge in [0.05, 0.1) is 27.8 Å². The number of benzene rings is 2. The first-order chi connectivity index (χ1) is 13.3. The molecule has 2 aromatic carbocycles. The minimum Gasteiger partial charge on any atom is -0.448 e. The van der Waals surface area contributed by atoms with E-state index in [4.69, 9.17) is 4.74 Å². The molecular weight excluding hydrogens is 364 g/mol. The van der Waals surface area contributed by atoms with Gasteiger partial charge >= 0.3 is 5.97 Å². The maximum atomic E-state index is 12.3. The fourth-order valence-corrected chi connectivity index (χ4v) is 2.42. The number of nitrogens with one attached hydrogen (secondary N) is 1. The predicted molar refractivity (Wildman–Crippen MR) is 101 cm³/mol. The molecule has 1 unspecified atom stereocenters. The van der Waals surface area contributed by atoms with Crippen molar-refractivity contribution in [3.05, 3.63) is 70.0 Å². The maximum Gasteiger partial charge on any atom is 0.359 e. The largest absolute Gasteiger partial charge is 0.448 e. The summed E-state index contributed by atoms with van der Waals surface area (Å²) >= 11 is 0. The van der Waals surface area contributed by atoms with E-state index < -0.39 is 22.9 Å². The van der Waals surface area contributed by atoms with Crippen molar-refractivity contribution in [3.8, 4) is 0 Å². The van der Waals surface area contributed by atoms with Gasteiger partial charge in [0.1, 0.15) is 0 Å². The molecule has 0 aliphatic rings. The third kappa shape index (κ3) is 4.09. The molecule has 3 aromatic rings. The van der Waals surface area contributed by atoms with Crippen molar-refractivity contribution in [2.24, 2.45) is 0 Å². The average molecular weight is 380 g/mol. The lowest BCUT2D eigenvalue weighted by atomic mass is 10.1. The number of nitrogens with zero attached hydrogens (tertiary/aromatic N) is 3. The number of ether oxygens (including phenoxy) is 1. The lowest BCUT2D eigenvalue weighted by Crippen LogP contribution is -2.30. The third-order valence-electron chi connectivity index (χ3n) is 4.00. The molecule has 0 saturated heterocycles. The predicted octanol–water partition coefficient (Wildman–Crippen LogP) is 3.03. The summed E-state index contributed by atoms with van der Waals surface area (Å²) in [7, 11) is 0. The number of aromatic nitrogens is 2. The van der Waals surface area contributed by atoms with E-state index in [1.54, 1.807) is 31.2 Å². The van der Waals surface area contributed by atoms with Crippen LogP contribution in [0, 0.1) is 17.0 Å². The summed E-state index contributed by atoms with van der Waals surface area (Å²) in [4.78, 5) is 43.2. The zero-order valence-corrected chi connectivity index (χ0v) is 15.1. The molecule has 3 rings (SSSR count). The van der Waals surface area contributed by atoms with Gasteiger partial charge in [0.15, 0.2) is 11.8 Å². The van der Waals surface area contributed by atoms with E-state index in [0.29, 0.717) is 16.6 Å². The second kappa shape index (κ2) is 7.78. The van der Waals surface area contributed by atoms with Crippen LogP contribution < -0.4 is 5.32 Å². The Morgan fingerprint density at radius 2 is 1.89 bits per heavy atom. The van der Waals surface area contributed by atoms with Crippen molar-refractivity contribution in [1.29, 1.82) is 0 Å². The van der Waals surface area contributed by atoms with Gasteiger partial charge in [-0.3, -0.25) is 19.9 Å². The van der Waals surface area contributed by atoms with E-state index in [1.165, 1.54) is 31.3 Å². The van der Waals surface area contributed by atoms with Gasteiger partial charge in [0, 0.05) is 12.1 Å². The van der Waals surface area contributed by atoms with Crippen LogP contribution in [0.1, 0.15) is 23.0 Å². The van der Waals surface area contributed by atoms with Gasteiger partial charge in [0.25, 0.3) is 11.6 Å². The molecule has 0 aliphatic carbocycles. The first kappa shape index (κ1) is 18.9. The molecule has 1 amide bonds. The zero-order chi connectivity index (χ0) is 20.3. The van der Waals surface area contributed by atoms with Crippen molar-refractivity contribution < 1.29 is 19.2 Å². The molecule has 0 radical (unpaired) electrons. The van der Waals surface area contributed by atoms with Gasteiger partial charge in [-0.05, 0) is 31.5 Å². The zero-order valence-electron chi connectivity index (χ0n) is 15.1. The van der Waals surface area contributed by atoms with Crippen molar-refractivity contribution in [1.82, 2.24) is 9.97 Å². The molecule has 142 valence electrons. The van der Waals surface area contributed by atoms with Crippen molar-refractivity contribution in [3.63, 3.8) is 0 Å². The Kier molecular flexibility index (Phi) is 5.25. The van der Waals surface area contributed by atoms with E-state index in [-0.39, 0.29) is 17.1 Å². The Labute approximate surface area is 159 Å². The Bertz CT molecular complexity index is 1080. The van der Waals surface area contributed by atoms with Gasteiger partial charge in [-0.2, -0.15) is 0 Å². The Morgan fingerprint density at radius 3 is 2.61 bits per heavy atom. The normalized spacial score (nSPS) is 11.6. The molecule has 1 heterocycles. The number of amides is 1. The number of fused-ring (bicyclic) bond motifs is 1. The third-order valence-corrected chi connectivity index (χ3v) is 4.00. The fraction of sp³-hybridized carbons (Fsp3) is 0.158. The molecule has 1 aromatic heterocycles. The van der Waals surface area contributed by atoms with Crippen LogP contribution in [0.3, 0.4) is 0 Å². The number of nitro benzene ring substituents is 1. The highest BCUT2D eigenvalue weighted by Crippen LogP contribution is 2.22. The number of esters is 1. The molecular formula is C19H16N4O5. The van der Waals surface area contributed by atoms with E-state index >= 15 is 0 Å². The minimum atomic E-state index is -1.14. The number of non-ortho nitro benzene ring substituents is 1. The lowest BCUT2D eigenvalue weighted by Gasteiger charge is -2.14. The second-order valence-electron chi connectivity index (χ2n) is 6.04. The Morgan fingerprint density at radius 1 is 1.18 bits per heavy atom. The summed E-state index contributed by atoms with van der Waals surface area (Å²) in [6, 6.07) is 11.1. The lowest BCUT2D eigenvalue weighted by molar-refractivity contribution is -0.384. The summed E-state index contributed by atoms with van der Waals surface area (Å²) < 4.78 is 5.15. The summed E-state index contributed by atoms with van der Waals surface area (Å²) in [6.45, 7) is 3.09. The van der Waals surface area contributed by atoms with Gasteiger partial charge in [-0.25, -0.2) is 9.78 Å². The number of hydrogen-bond acceptors (Lipinski definition) is 7. The van der Waals surface area contributed by atoms with E-state index in [9.17, 15) is 19.7 Å². The van der Waals surface area contributed by atoms with Crippen LogP contribution in [0.2, 0.25) is 0 Å². The minimum absolute atomic E-state index is 0.0233. The highest BCUT2D eigenvalue weighted by Gasteiger charge is 2.21. The molecule has 1 atom stereocenters. The standard InChI is InChI=1S/C19H16N4O5/c1-11-7-8-13(23(26)27)9-16(11)22-18(24)12(2)28-19(25)17-10-20-14-5-3-4-6-15(14)21-17/h3-10,12H,1-2H3,(H,22,24). The Hall–Kier alpha value is -3.88. The number of rotatable bonds is 5. The summed E-state index contributed by atoms with van der Waals surface area (Å²) in [5.74, 6) is -1.41. The van der Waals surface area contributed by atoms with Crippen molar-refractivity contribution >= 4 is 34.3 Å². The van der Waals surface area contributed by atoms with Crippen molar-refractivity contribution in [2.75, 3.05) is 5.32 Å². The first-order valence-electron chi connectivity index (χ1n) is 8.34. The SMILES string of the molecule is Cc1ccc([N+](=O)[O-])cc1NC(=O)C(C)OC(=O)c1cnc2ccccc2n1. The molecule has 9 nitrogen and oxygen atoms in total. The quantitative estimate of drug-likeness (QED) is 0.410. The van der Waals surface area contributed by atoms with Gasteiger partial charge in [-0.15, -0.1) is 0 Å². The molecule has 28 heavy (non-hydrogen) atoms. The second-order valence-corrected chi connectivity index (χ2v) is 6.04. The number of para-hydroxylation sites is 2. The molecule has 0 aliphatic heterocycles. The molecule has 0 fully saturated rings. The number of carbonyl (C=O) groups excluding carboxylic acids is 2. The highest BCUT2D eigenvalue weighted by molar-refractivity contribution is 5.97. The number of carbonyl (C=O) groups is 2. The monoisotopic (exact) mass is 380 g/mol. The van der Waals surface area contributed by atoms with Crippen LogP contribution in [0.5, 0.6) is 0 Å². The van der Waals surface area contributed by atoms with Crippen molar-refractivity contribution in [2.45, 2.75) is 20.0 Å². The number of hydrogen-bond donors (Lipinski definition) is 1. The fourth-order valence-electron chi connectivity index (χ4n) is 2.42. The summed E-state index contributed by atoms with van der Waals surface area (Å²) in [6.07, 6.45) is 0.138. The van der Waals surface area contributed by atoms with E-state index in [1.807, 2.05) is 0 Å².